The predicted octanol–water partition coefficient (Wildman–Crippen LogP) is 2.35. The average Bonchev–Trinajstić information content (AvgIpc) is 2.79. The third kappa shape index (κ3) is 1.17. The van der Waals surface area contributed by atoms with Gasteiger partial charge in [-0.3, -0.25) is 0 Å². The van der Waals surface area contributed by atoms with Crippen LogP contribution in [0, 0.1) is 17.3 Å². The molecule has 2 atom stereocenters. The molecule has 3 fully saturated rings. The van der Waals surface area contributed by atoms with Crippen LogP contribution in [0.5, 0.6) is 0 Å². The van der Waals surface area contributed by atoms with Gasteiger partial charge in [0, 0.05) is 5.41 Å². The van der Waals surface area contributed by atoms with E-state index in [9.17, 15) is 0 Å². The van der Waals surface area contributed by atoms with Crippen molar-refractivity contribution in [1.29, 1.82) is 0 Å². The molecule has 2 bridgehead atoms. The van der Waals surface area contributed by atoms with Crippen LogP contribution in [0.2, 0.25) is 0 Å². The summed E-state index contributed by atoms with van der Waals surface area (Å²) in [5, 5.41) is 0. The van der Waals surface area contributed by atoms with Gasteiger partial charge in [0.05, 0.1) is 13.2 Å². The number of hydrogen-bond donors (Lipinski definition) is 0. The van der Waals surface area contributed by atoms with Crippen LogP contribution in [0.1, 0.15) is 25.7 Å². The summed E-state index contributed by atoms with van der Waals surface area (Å²) < 4.78 is 11.4. The van der Waals surface area contributed by atoms with E-state index in [1.165, 1.54) is 25.7 Å². The summed E-state index contributed by atoms with van der Waals surface area (Å²) in [7, 11) is 0. The van der Waals surface area contributed by atoms with E-state index in [1.54, 1.807) is 6.08 Å². The van der Waals surface area contributed by atoms with Crippen LogP contribution in [0.4, 0.5) is 0 Å². The highest BCUT2D eigenvalue weighted by atomic mass is 16.7. The summed E-state index contributed by atoms with van der Waals surface area (Å²) in [6, 6.07) is 0. The molecule has 14 heavy (non-hydrogen) atoms. The first-order valence-corrected chi connectivity index (χ1v) is 5.68. The SMILES string of the molecule is C=CC1OCC2(CO1)CC1CCC2C1. The molecule has 1 spiro atoms. The van der Waals surface area contributed by atoms with E-state index in [2.05, 4.69) is 6.58 Å². The zero-order valence-electron chi connectivity index (χ0n) is 8.58. The van der Waals surface area contributed by atoms with Gasteiger partial charge in [-0.2, -0.15) is 0 Å². The van der Waals surface area contributed by atoms with Crippen LogP contribution in [0.15, 0.2) is 12.7 Å². The van der Waals surface area contributed by atoms with E-state index in [4.69, 9.17) is 9.47 Å². The first kappa shape index (κ1) is 8.93. The van der Waals surface area contributed by atoms with Gasteiger partial charge in [-0.15, -0.1) is 0 Å². The van der Waals surface area contributed by atoms with E-state index in [0.29, 0.717) is 5.41 Å². The fourth-order valence-corrected chi connectivity index (χ4v) is 3.63. The molecule has 0 aromatic heterocycles. The Morgan fingerprint density at radius 2 is 2.00 bits per heavy atom. The van der Waals surface area contributed by atoms with Crippen LogP contribution in [0.25, 0.3) is 0 Å². The van der Waals surface area contributed by atoms with Crippen molar-refractivity contribution >= 4 is 0 Å². The summed E-state index contributed by atoms with van der Waals surface area (Å²) in [5.74, 6) is 1.84. The molecule has 3 aliphatic rings. The standard InChI is InChI=1S/C12H18O2/c1-2-11-13-7-12(8-14-11)6-9-3-4-10(12)5-9/h2,9-11H,1,3-8H2. The lowest BCUT2D eigenvalue weighted by Gasteiger charge is -2.42. The fourth-order valence-electron chi connectivity index (χ4n) is 3.63. The average molecular weight is 194 g/mol. The maximum Gasteiger partial charge on any atom is 0.176 e. The van der Waals surface area contributed by atoms with Gasteiger partial charge in [-0.25, -0.2) is 0 Å². The maximum atomic E-state index is 5.68. The van der Waals surface area contributed by atoms with Crippen molar-refractivity contribution in [2.75, 3.05) is 13.2 Å². The highest BCUT2D eigenvalue weighted by Gasteiger charge is 2.52. The van der Waals surface area contributed by atoms with E-state index in [-0.39, 0.29) is 6.29 Å². The second kappa shape index (κ2) is 3.07. The molecule has 78 valence electrons. The zero-order valence-corrected chi connectivity index (χ0v) is 8.58. The molecule has 0 aromatic carbocycles. The van der Waals surface area contributed by atoms with Gasteiger partial charge in [0.15, 0.2) is 6.29 Å². The van der Waals surface area contributed by atoms with Gasteiger partial charge in [0.2, 0.25) is 0 Å². The third-order valence-electron chi connectivity index (χ3n) is 4.37. The van der Waals surface area contributed by atoms with Crippen LogP contribution < -0.4 is 0 Å². The molecule has 3 rings (SSSR count). The van der Waals surface area contributed by atoms with Crippen LogP contribution in [-0.2, 0) is 9.47 Å². The predicted molar refractivity (Wildman–Crippen MR) is 53.8 cm³/mol. The largest absolute Gasteiger partial charge is 0.348 e. The van der Waals surface area contributed by atoms with Crippen LogP contribution in [-0.4, -0.2) is 19.5 Å². The minimum Gasteiger partial charge on any atom is -0.348 e. The molecule has 2 unspecified atom stereocenters. The number of fused-ring (bicyclic) bond motifs is 3. The molecular formula is C12H18O2. The minimum atomic E-state index is -0.153. The Kier molecular flexibility index (Phi) is 1.96. The topological polar surface area (TPSA) is 18.5 Å². The van der Waals surface area contributed by atoms with Crippen molar-refractivity contribution in [1.82, 2.24) is 0 Å². The lowest BCUT2D eigenvalue weighted by Crippen LogP contribution is -2.44. The van der Waals surface area contributed by atoms with Gasteiger partial charge in [-0.05, 0) is 37.2 Å². The molecule has 1 aliphatic heterocycles. The molecule has 2 nitrogen and oxygen atoms in total. The van der Waals surface area contributed by atoms with Crippen molar-refractivity contribution in [3.63, 3.8) is 0 Å². The summed E-state index contributed by atoms with van der Waals surface area (Å²) in [6.45, 7) is 5.48. The second-order valence-corrected chi connectivity index (χ2v) is 5.17. The van der Waals surface area contributed by atoms with Crippen molar-refractivity contribution in [3.8, 4) is 0 Å². The van der Waals surface area contributed by atoms with Gasteiger partial charge >= 0.3 is 0 Å². The van der Waals surface area contributed by atoms with E-state index in [1.807, 2.05) is 0 Å². The lowest BCUT2D eigenvalue weighted by atomic mass is 9.74. The van der Waals surface area contributed by atoms with Crippen molar-refractivity contribution in [3.05, 3.63) is 12.7 Å². The Morgan fingerprint density at radius 3 is 2.50 bits per heavy atom. The highest BCUT2D eigenvalue weighted by molar-refractivity contribution is 5.01. The van der Waals surface area contributed by atoms with Gasteiger partial charge in [-0.1, -0.05) is 13.0 Å². The third-order valence-corrected chi connectivity index (χ3v) is 4.37. The summed E-state index contributed by atoms with van der Waals surface area (Å²) in [6.07, 6.45) is 7.19. The maximum absolute atomic E-state index is 5.68. The molecule has 0 N–H and O–H groups in total. The summed E-state index contributed by atoms with van der Waals surface area (Å²) in [5.41, 5.74) is 0.377. The molecule has 1 saturated heterocycles. The van der Waals surface area contributed by atoms with E-state index in [0.717, 1.165) is 25.0 Å². The number of hydrogen-bond acceptors (Lipinski definition) is 2. The summed E-state index contributed by atoms with van der Waals surface area (Å²) in [4.78, 5) is 0. The Bertz CT molecular complexity index is 241. The van der Waals surface area contributed by atoms with Gasteiger partial charge in [0.1, 0.15) is 0 Å². The number of rotatable bonds is 1. The first-order chi connectivity index (χ1) is 6.82. The smallest absolute Gasteiger partial charge is 0.176 e. The molecule has 0 aromatic rings. The Balaban J connectivity index is 1.71. The molecule has 2 saturated carbocycles. The fraction of sp³-hybridized carbons (Fsp3) is 0.833. The van der Waals surface area contributed by atoms with Crippen LogP contribution in [0.3, 0.4) is 0 Å². The monoisotopic (exact) mass is 194 g/mol. The Hall–Kier alpha value is -0.340. The van der Waals surface area contributed by atoms with Gasteiger partial charge in [0.25, 0.3) is 0 Å². The van der Waals surface area contributed by atoms with Crippen molar-refractivity contribution in [2.45, 2.75) is 32.0 Å². The lowest BCUT2D eigenvalue weighted by molar-refractivity contribution is -0.218. The highest BCUT2D eigenvalue weighted by Crippen LogP contribution is 2.57. The van der Waals surface area contributed by atoms with E-state index < -0.39 is 0 Å². The normalized spacial score (nSPS) is 51.3. The van der Waals surface area contributed by atoms with Crippen molar-refractivity contribution in [2.24, 2.45) is 17.3 Å². The Morgan fingerprint density at radius 1 is 1.21 bits per heavy atom. The quantitative estimate of drug-likeness (QED) is 0.596. The van der Waals surface area contributed by atoms with E-state index >= 15 is 0 Å². The van der Waals surface area contributed by atoms with Crippen molar-refractivity contribution < 1.29 is 9.47 Å². The molecule has 0 amide bonds. The zero-order chi connectivity index (χ0) is 9.60. The second-order valence-electron chi connectivity index (χ2n) is 5.17. The van der Waals surface area contributed by atoms with Gasteiger partial charge < -0.3 is 9.47 Å². The molecule has 0 radical (unpaired) electrons. The molecule has 2 heteroatoms. The first-order valence-electron chi connectivity index (χ1n) is 5.68. The number of ether oxygens (including phenoxy) is 2. The summed E-state index contributed by atoms with van der Waals surface area (Å²) >= 11 is 0. The molecular weight excluding hydrogens is 176 g/mol. The molecule has 2 aliphatic carbocycles. The Labute approximate surface area is 85.3 Å². The minimum absolute atomic E-state index is 0.153. The van der Waals surface area contributed by atoms with Crippen LogP contribution >= 0.6 is 0 Å². The molecule has 1 heterocycles.